The van der Waals surface area contributed by atoms with E-state index in [9.17, 15) is 24.3 Å². The molecule has 334 valence electrons. The molecule has 0 aliphatic carbocycles. The molecule has 4 heterocycles. The van der Waals surface area contributed by atoms with E-state index in [1.54, 1.807) is 40.9 Å². The molecule has 0 radical (unpaired) electrons. The van der Waals surface area contributed by atoms with Gasteiger partial charge in [0.1, 0.15) is 18.0 Å². The number of fused-ring (bicyclic) bond motifs is 1. The van der Waals surface area contributed by atoms with E-state index in [-0.39, 0.29) is 37.3 Å². The van der Waals surface area contributed by atoms with E-state index in [4.69, 9.17) is 23.7 Å². The summed E-state index contributed by atoms with van der Waals surface area (Å²) in [6.45, 7) is 17.3. The Morgan fingerprint density at radius 1 is 1.02 bits per heavy atom. The van der Waals surface area contributed by atoms with Crippen LogP contribution in [0.25, 0.3) is 11.3 Å². The van der Waals surface area contributed by atoms with Gasteiger partial charge in [0.2, 0.25) is 0 Å². The lowest BCUT2D eigenvalue weighted by atomic mass is 9.73. The molecule has 1 amide bonds. The molecule has 3 fully saturated rings. The third kappa shape index (κ3) is 9.80. The van der Waals surface area contributed by atoms with Gasteiger partial charge in [0.15, 0.2) is 17.7 Å². The zero-order chi connectivity index (χ0) is 44.3. The summed E-state index contributed by atoms with van der Waals surface area (Å²) in [6.07, 6.45) is -0.476. The fourth-order valence-electron chi connectivity index (χ4n) is 9.63. The topological polar surface area (TPSA) is 168 Å². The van der Waals surface area contributed by atoms with Crippen LogP contribution in [-0.4, -0.2) is 123 Å². The van der Waals surface area contributed by atoms with Crippen molar-refractivity contribution in [3.05, 3.63) is 42.9 Å². The van der Waals surface area contributed by atoms with Gasteiger partial charge in [0.25, 0.3) is 5.67 Å². The Labute approximate surface area is 354 Å². The average Bonchev–Trinajstić information content (AvgIpc) is 3.78. The van der Waals surface area contributed by atoms with E-state index in [1.807, 2.05) is 61.9 Å². The van der Waals surface area contributed by atoms with Crippen LogP contribution in [0.1, 0.15) is 101 Å². The molecule has 5 rings (SSSR count). The van der Waals surface area contributed by atoms with Crippen molar-refractivity contribution in [1.29, 1.82) is 0 Å². The number of alkyl halides is 1. The number of esters is 1. The number of ether oxygens (including phenoxy) is 5. The highest BCUT2D eigenvalue weighted by Crippen LogP contribution is 2.43. The van der Waals surface area contributed by atoms with E-state index in [0.717, 1.165) is 18.2 Å². The van der Waals surface area contributed by atoms with Crippen molar-refractivity contribution < 1.29 is 52.4 Å². The van der Waals surface area contributed by atoms with Crippen LogP contribution in [0.3, 0.4) is 0 Å². The van der Waals surface area contributed by atoms with Gasteiger partial charge in [-0.1, -0.05) is 71.9 Å². The molecule has 60 heavy (non-hydrogen) atoms. The zero-order valence-corrected chi connectivity index (χ0v) is 37.2. The Morgan fingerprint density at radius 3 is 2.32 bits per heavy atom. The number of carbonyl (C=O) groups is 4. The van der Waals surface area contributed by atoms with Crippen LogP contribution in [0.2, 0.25) is 0 Å². The van der Waals surface area contributed by atoms with E-state index < -0.39 is 89.2 Å². The second kappa shape index (κ2) is 19.1. The quantitative estimate of drug-likeness (QED) is 0.144. The number of aliphatic hydroxyl groups is 1. The number of hydrogen-bond acceptors (Lipinski definition) is 12. The minimum absolute atomic E-state index is 0.000231. The van der Waals surface area contributed by atoms with Gasteiger partial charge in [-0.3, -0.25) is 9.59 Å². The largest absolute Gasteiger partial charge is 0.455 e. The number of amides is 1. The first-order valence-corrected chi connectivity index (χ1v) is 21.5. The summed E-state index contributed by atoms with van der Waals surface area (Å²) in [5.41, 5.74) is -4.36. The second-order valence-electron chi connectivity index (χ2n) is 18.1. The van der Waals surface area contributed by atoms with Crippen molar-refractivity contribution in [2.24, 2.45) is 17.8 Å². The number of rotatable bonds is 12. The molecule has 14 nitrogen and oxygen atoms in total. The van der Waals surface area contributed by atoms with Gasteiger partial charge in [0.05, 0.1) is 35.9 Å². The van der Waals surface area contributed by atoms with Crippen molar-refractivity contribution in [3.8, 4) is 11.3 Å². The molecule has 13 atom stereocenters. The van der Waals surface area contributed by atoms with E-state index in [1.165, 1.54) is 18.9 Å². The summed E-state index contributed by atoms with van der Waals surface area (Å²) in [7, 11) is 1.41. The maximum Gasteiger partial charge on any atom is 0.410 e. The number of nitrogens with one attached hydrogen (secondary N) is 1. The first-order chi connectivity index (χ1) is 28.2. The van der Waals surface area contributed by atoms with Crippen molar-refractivity contribution in [3.63, 3.8) is 0 Å². The number of carbonyl (C=O) groups excluding carboxylic acids is 4. The summed E-state index contributed by atoms with van der Waals surface area (Å²) in [5.74, 6) is -5.77. The Kier molecular flexibility index (Phi) is 15.1. The summed E-state index contributed by atoms with van der Waals surface area (Å²) in [6, 6.07) is 8.54. The predicted molar refractivity (Wildman–Crippen MR) is 221 cm³/mol. The predicted octanol–water partition coefficient (Wildman–Crippen LogP) is 6.06. The lowest BCUT2D eigenvalue weighted by Crippen LogP contribution is -2.62. The Hall–Kier alpha value is -3.76. The van der Waals surface area contributed by atoms with Gasteiger partial charge in [-0.25, -0.2) is 19.0 Å². The van der Waals surface area contributed by atoms with Crippen LogP contribution in [-0.2, 0) is 44.6 Å². The third-order valence-electron chi connectivity index (χ3n) is 12.9. The fraction of sp³-hybridized carbons (Fsp3) is 0.711. The summed E-state index contributed by atoms with van der Waals surface area (Å²) in [5, 5.41) is 14.8. The number of halogens is 1. The molecule has 1 unspecified atom stereocenters. The number of ketones is 2. The van der Waals surface area contributed by atoms with Crippen LogP contribution < -0.4 is 5.32 Å². The van der Waals surface area contributed by atoms with Gasteiger partial charge in [-0.15, -0.1) is 0 Å². The smallest absolute Gasteiger partial charge is 0.410 e. The number of methoxy groups -OCH3 is 1. The zero-order valence-electron chi connectivity index (χ0n) is 37.2. The Bertz CT molecular complexity index is 1810. The molecule has 0 bridgehead atoms. The molecule has 3 saturated heterocycles. The molecular formula is C45H67FN4O10. The first kappa shape index (κ1) is 47.3. The fourth-order valence-corrected chi connectivity index (χ4v) is 9.63. The molecule has 3 aliphatic heterocycles. The minimum atomic E-state index is -3.18. The standard InChI is InChI=1S/C45H67FN4O10/c1-12-34-45(10)37(50(42(55)60-45)21-17-16-20-49-24-33(47-25-49)31-18-14-13-15-19-31)29(6)35(51)27(4)23-43(8,56-11)39(30(7)38(53)44(9,46)41(54)58-34)59-40-36(52)32(48-26(2)3)22-28(5)57-40/h13-15,18-19,24-30,32,34,36-37,39-40,48,52H,12,16-17,20-23H2,1-11H3/t27-,28-,29+,30+,32+,34-,36+,37?,39-,40+,43-,44+,45-/m1/s1. The Morgan fingerprint density at radius 2 is 1.68 bits per heavy atom. The van der Waals surface area contributed by atoms with Crippen molar-refractivity contribution in [2.45, 2.75) is 174 Å². The maximum atomic E-state index is 16.9. The molecular weight excluding hydrogens is 776 g/mol. The monoisotopic (exact) mass is 842 g/mol. The van der Waals surface area contributed by atoms with Gasteiger partial charge >= 0.3 is 12.1 Å². The normalized spacial score (nSPS) is 37.1. The first-order valence-electron chi connectivity index (χ1n) is 21.5. The minimum Gasteiger partial charge on any atom is -0.455 e. The van der Waals surface area contributed by atoms with Crippen molar-refractivity contribution >= 4 is 23.6 Å². The third-order valence-corrected chi connectivity index (χ3v) is 12.9. The van der Waals surface area contributed by atoms with Crippen LogP contribution in [0.15, 0.2) is 42.9 Å². The number of imidazole rings is 1. The van der Waals surface area contributed by atoms with Crippen LogP contribution in [0, 0.1) is 17.8 Å². The van der Waals surface area contributed by atoms with Crippen LogP contribution in [0.5, 0.6) is 0 Å². The molecule has 2 N–H and O–H groups in total. The molecule has 1 aromatic heterocycles. The number of unbranched alkanes of at least 4 members (excludes halogenated alkanes) is 1. The van der Waals surface area contributed by atoms with Crippen LogP contribution in [0.4, 0.5) is 9.18 Å². The number of aryl methyl sites for hydroxylation is 1. The van der Waals surface area contributed by atoms with Crippen molar-refractivity contribution in [1.82, 2.24) is 19.8 Å². The molecule has 2 aromatic rings. The number of aromatic nitrogens is 2. The van der Waals surface area contributed by atoms with E-state index >= 15 is 4.39 Å². The summed E-state index contributed by atoms with van der Waals surface area (Å²) in [4.78, 5) is 62.9. The van der Waals surface area contributed by atoms with Crippen LogP contribution >= 0.6 is 0 Å². The number of nitrogens with zero attached hydrogens (tertiary/aromatic N) is 3. The lowest BCUT2D eigenvalue weighted by Gasteiger charge is -2.47. The number of benzene rings is 1. The second-order valence-corrected chi connectivity index (χ2v) is 18.1. The van der Waals surface area contributed by atoms with Gasteiger partial charge in [-0.05, 0) is 59.8 Å². The Balaban J connectivity index is 1.45. The molecule has 0 spiro atoms. The van der Waals surface area contributed by atoms with Gasteiger partial charge in [0, 0.05) is 61.8 Å². The summed E-state index contributed by atoms with van der Waals surface area (Å²) < 4.78 is 49.6. The number of Topliss-reactive ketones (excluding diaryl/α,β-unsaturated/α-hetero) is 2. The SMILES string of the molecule is CC[C@H]1OC(=O)[C@@](C)(F)C(=O)[C@H](C)[C@@H](O[C@@H]2O[C@H](C)C[C@H](NC(C)C)[C@@H]2O)[C@](C)(OC)C[C@@H](C)C(=O)[C@H](C)C2N(CCCCn3cnc(-c4ccccc4)c3)C(=O)O[C@@]21C. The van der Waals surface area contributed by atoms with Gasteiger partial charge < -0.3 is 43.6 Å². The highest BCUT2D eigenvalue weighted by molar-refractivity contribution is 6.08. The molecule has 1 aromatic carbocycles. The molecule has 15 heteroatoms. The number of cyclic esters (lactones) is 1. The number of aliphatic hydroxyl groups excluding tert-OH is 1. The number of hydrogen-bond donors (Lipinski definition) is 2. The average molecular weight is 843 g/mol. The lowest BCUT2D eigenvalue weighted by molar-refractivity contribution is -0.291. The molecule has 0 saturated carbocycles. The highest BCUT2D eigenvalue weighted by Gasteiger charge is 2.61. The van der Waals surface area contributed by atoms with E-state index in [0.29, 0.717) is 25.8 Å². The van der Waals surface area contributed by atoms with Crippen molar-refractivity contribution in [2.75, 3.05) is 13.7 Å². The highest BCUT2D eigenvalue weighted by atomic mass is 19.1. The molecule has 3 aliphatic rings. The summed E-state index contributed by atoms with van der Waals surface area (Å²) >= 11 is 0. The van der Waals surface area contributed by atoms with E-state index in [2.05, 4.69) is 10.3 Å². The van der Waals surface area contributed by atoms with Gasteiger partial charge in [-0.2, -0.15) is 0 Å². The maximum absolute atomic E-state index is 16.9.